The van der Waals surface area contributed by atoms with Crippen LogP contribution in [0, 0.1) is 17.5 Å². The second kappa shape index (κ2) is 4.87. The summed E-state index contributed by atoms with van der Waals surface area (Å²) >= 11 is 0. The van der Waals surface area contributed by atoms with Crippen molar-refractivity contribution in [2.24, 2.45) is 0 Å². The van der Waals surface area contributed by atoms with Crippen LogP contribution in [0.15, 0.2) is 6.07 Å². The van der Waals surface area contributed by atoms with E-state index in [2.05, 4.69) is 9.47 Å². The van der Waals surface area contributed by atoms with Gasteiger partial charge in [0.25, 0.3) is 0 Å². The summed E-state index contributed by atoms with van der Waals surface area (Å²) in [5.41, 5.74) is -0.965. The van der Waals surface area contributed by atoms with Gasteiger partial charge in [-0.3, -0.25) is 0 Å². The molecule has 0 amide bonds. The molecule has 0 aliphatic rings. The van der Waals surface area contributed by atoms with E-state index in [9.17, 15) is 18.0 Å². The summed E-state index contributed by atoms with van der Waals surface area (Å²) in [6, 6.07) is 0.375. The largest absolute Gasteiger partial charge is 0.488 e. The molecule has 0 saturated heterocycles. The van der Waals surface area contributed by atoms with Crippen LogP contribution in [0.25, 0.3) is 0 Å². The smallest absolute Gasteiger partial charge is 0.344 e. The molecular formula is C10H9F3O3. The predicted molar refractivity (Wildman–Crippen MR) is 48.8 cm³/mol. The molecule has 0 unspecified atom stereocenters. The van der Waals surface area contributed by atoms with E-state index in [0.717, 1.165) is 7.11 Å². The third kappa shape index (κ3) is 2.10. The topological polar surface area (TPSA) is 35.5 Å². The van der Waals surface area contributed by atoms with Gasteiger partial charge in [0.2, 0.25) is 0 Å². The highest BCUT2D eigenvalue weighted by Crippen LogP contribution is 2.27. The summed E-state index contributed by atoms with van der Waals surface area (Å²) in [6.07, 6.45) is 0. The Balaban J connectivity index is 3.38. The highest BCUT2D eigenvalue weighted by molar-refractivity contribution is 5.90. The van der Waals surface area contributed by atoms with Gasteiger partial charge in [0.15, 0.2) is 17.4 Å². The lowest BCUT2D eigenvalue weighted by atomic mass is 10.1. The lowest BCUT2D eigenvalue weighted by molar-refractivity contribution is 0.0588. The van der Waals surface area contributed by atoms with E-state index in [4.69, 9.17) is 0 Å². The first kappa shape index (κ1) is 12.4. The van der Waals surface area contributed by atoms with E-state index in [1.165, 1.54) is 6.92 Å². The minimum Gasteiger partial charge on any atom is -0.488 e. The van der Waals surface area contributed by atoms with Crippen molar-refractivity contribution in [3.8, 4) is 5.75 Å². The quantitative estimate of drug-likeness (QED) is 0.753. The van der Waals surface area contributed by atoms with Gasteiger partial charge in [-0.2, -0.15) is 0 Å². The second-order valence-electron chi connectivity index (χ2n) is 2.78. The normalized spacial score (nSPS) is 10.1. The predicted octanol–water partition coefficient (Wildman–Crippen LogP) is 2.29. The number of methoxy groups -OCH3 is 1. The maximum absolute atomic E-state index is 13.5. The number of ether oxygens (including phenoxy) is 2. The van der Waals surface area contributed by atoms with Crippen LogP contribution < -0.4 is 4.74 Å². The molecule has 0 heterocycles. The first-order valence-electron chi connectivity index (χ1n) is 4.41. The molecule has 88 valence electrons. The molecule has 3 nitrogen and oxygen atoms in total. The fraction of sp³-hybridized carbons (Fsp3) is 0.300. The summed E-state index contributed by atoms with van der Waals surface area (Å²) < 4.78 is 48.5. The number of esters is 1. The van der Waals surface area contributed by atoms with Crippen LogP contribution >= 0.6 is 0 Å². The van der Waals surface area contributed by atoms with E-state index in [1.54, 1.807) is 0 Å². The number of hydrogen-bond donors (Lipinski definition) is 0. The number of hydrogen-bond acceptors (Lipinski definition) is 3. The Morgan fingerprint density at radius 2 is 1.94 bits per heavy atom. The van der Waals surface area contributed by atoms with Gasteiger partial charge in [0.05, 0.1) is 13.7 Å². The minimum absolute atomic E-state index is 0.0138. The van der Waals surface area contributed by atoms with E-state index >= 15 is 0 Å². The van der Waals surface area contributed by atoms with Gasteiger partial charge in [-0.1, -0.05) is 0 Å². The van der Waals surface area contributed by atoms with Gasteiger partial charge in [-0.15, -0.1) is 0 Å². The third-order valence-electron chi connectivity index (χ3n) is 1.81. The average Bonchev–Trinajstić information content (AvgIpc) is 2.23. The lowest BCUT2D eigenvalue weighted by Crippen LogP contribution is -2.11. The monoisotopic (exact) mass is 234 g/mol. The molecule has 0 spiro atoms. The minimum atomic E-state index is -1.40. The van der Waals surface area contributed by atoms with Crippen molar-refractivity contribution in [1.29, 1.82) is 0 Å². The molecule has 1 rings (SSSR count). The lowest BCUT2D eigenvalue weighted by Gasteiger charge is -2.09. The highest BCUT2D eigenvalue weighted by Gasteiger charge is 2.25. The standard InChI is InChI=1S/C10H9F3O3/c1-3-16-9-6(12)4-5(11)7(8(9)13)10(14)15-2/h4H,3H2,1-2H3. The number of carbonyl (C=O) groups is 1. The van der Waals surface area contributed by atoms with Crippen molar-refractivity contribution in [3.05, 3.63) is 29.1 Å². The van der Waals surface area contributed by atoms with Gasteiger partial charge in [0.1, 0.15) is 11.4 Å². The average molecular weight is 234 g/mol. The zero-order chi connectivity index (χ0) is 12.3. The van der Waals surface area contributed by atoms with E-state index in [-0.39, 0.29) is 6.61 Å². The fourth-order valence-electron chi connectivity index (χ4n) is 1.14. The van der Waals surface area contributed by atoms with Gasteiger partial charge < -0.3 is 9.47 Å². The molecule has 0 N–H and O–H groups in total. The van der Waals surface area contributed by atoms with Crippen molar-refractivity contribution in [2.45, 2.75) is 6.92 Å². The first-order valence-corrected chi connectivity index (χ1v) is 4.41. The Kier molecular flexibility index (Phi) is 3.76. The summed E-state index contributed by atoms with van der Waals surface area (Å²) in [6.45, 7) is 1.49. The van der Waals surface area contributed by atoms with Crippen molar-refractivity contribution in [3.63, 3.8) is 0 Å². The molecule has 1 aromatic carbocycles. The summed E-state index contributed by atoms with van der Waals surface area (Å²) in [5, 5.41) is 0. The molecule has 1 aromatic rings. The van der Waals surface area contributed by atoms with E-state index in [0.29, 0.717) is 6.07 Å². The van der Waals surface area contributed by atoms with Gasteiger partial charge >= 0.3 is 5.97 Å². The van der Waals surface area contributed by atoms with Crippen molar-refractivity contribution in [2.75, 3.05) is 13.7 Å². The third-order valence-corrected chi connectivity index (χ3v) is 1.81. The van der Waals surface area contributed by atoms with Crippen molar-refractivity contribution >= 4 is 5.97 Å². The van der Waals surface area contributed by atoms with Crippen molar-refractivity contribution < 1.29 is 27.4 Å². The summed E-state index contributed by atoms with van der Waals surface area (Å²) in [7, 11) is 0.963. The Morgan fingerprint density at radius 1 is 1.31 bits per heavy atom. The zero-order valence-corrected chi connectivity index (χ0v) is 8.64. The van der Waals surface area contributed by atoms with Gasteiger partial charge in [-0.25, -0.2) is 18.0 Å². The number of rotatable bonds is 3. The summed E-state index contributed by atoms with van der Waals surface area (Å²) in [4.78, 5) is 11.0. The van der Waals surface area contributed by atoms with Crippen LogP contribution in [-0.4, -0.2) is 19.7 Å². The Morgan fingerprint density at radius 3 is 2.44 bits per heavy atom. The van der Waals surface area contributed by atoms with Crippen LogP contribution in [0.4, 0.5) is 13.2 Å². The number of benzene rings is 1. The molecule has 0 radical (unpaired) electrons. The molecule has 6 heteroatoms. The van der Waals surface area contributed by atoms with Crippen molar-refractivity contribution in [1.82, 2.24) is 0 Å². The van der Waals surface area contributed by atoms with Crippen LogP contribution in [0.2, 0.25) is 0 Å². The fourth-order valence-corrected chi connectivity index (χ4v) is 1.14. The maximum Gasteiger partial charge on any atom is 0.344 e. The molecule has 0 aliphatic heterocycles. The molecule has 0 aromatic heterocycles. The molecule has 0 atom stereocenters. The first-order chi connectivity index (χ1) is 7.52. The second-order valence-corrected chi connectivity index (χ2v) is 2.78. The molecule has 0 bridgehead atoms. The number of halogens is 3. The van der Waals surface area contributed by atoms with Crippen LogP contribution in [0.5, 0.6) is 5.75 Å². The molecule has 0 saturated carbocycles. The molecule has 16 heavy (non-hydrogen) atoms. The van der Waals surface area contributed by atoms with Gasteiger partial charge in [0, 0.05) is 6.07 Å². The zero-order valence-electron chi connectivity index (χ0n) is 8.64. The van der Waals surface area contributed by atoms with E-state index in [1.807, 2.05) is 0 Å². The summed E-state index contributed by atoms with van der Waals surface area (Å²) in [5.74, 6) is -5.94. The SMILES string of the molecule is CCOc1c(F)cc(F)c(C(=O)OC)c1F. The Bertz CT molecular complexity index is 418. The molecule has 0 aliphatic carbocycles. The van der Waals surface area contributed by atoms with Crippen LogP contribution in [0.1, 0.15) is 17.3 Å². The maximum atomic E-state index is 13.5. The Labute approximate surface area is 89.8 Å². The van der Waals surface area contributed by atoms with Gasteiger partial charge in [-0.05, 0) is 6.92 Å². The van der Waals surface area contributed by atoms with E-state index < -0.39 is 34.7 Å². The molecular weight excluding hydrogens is 225 g/mol. The Hall–Kier alpha value is -1.72. The van der Waals surface area contributed by atoms with Crippen LogP contribution in [0.3, 0.4) is 0 Å². The molecule has 0 fully saturated rings. The van der Waals surface area contributed by atoms with Crippen LogP contribution in [-0.2, 0) is 4.74 Å². The number of carbonyl (C=O) groups excluding carboxylic acids is 1. The highest BCUT2D eigenvalue weighted by atomic mass is 19.1.